The van der Waals surface area contributed by atoms with Gasteiger partial charge in [0, 0.05) is 40.2 Å². The molecule has 0 fully saturated rings. The fourth-order valence-corrected chi connectivity index (χ4v) is 2.63. The highest BCUT2D eigenvalue weighted by Gasteiger charge is 2.09. The molecule has 2 aromatic carbocycles. The van der Waals surface area contributed by atoms with Gasteiger partial charge in [-0.1, -0.05) is 54.6 Å². The van der Waals surface area contributed by atoms with Gasteiger partial charge < -0.3 is 15.5 Å². The van der Waals surface area contributed by atoms with Crippen molar-refractivity contribution in [2.45, 2.75) is 26.4 Å². The highest BCUT2D eigenvalue weighted by molar-refractivity contribution is 14.0. The van der Waals surface area contributed by atoms with E-state index in [1.54, 1.807) is 11.9 Å². The molecule has 5 nitrogen and oxygen atoms in total. The van der Waals surface area contributed by atoms with Gasteiger partial charge in [0.2, 0.25) is 5.91 Å². The van der Waals surface area contributed by atoms with E-state index >= 15 is 0 Å². The standard InChI is InChI=1S/C21H28N4O.HI/c1-17-9-7-8-12-19(17)15-24-21(22-2)23-14-13-20(26)25(3)16-18-10-5-4-6-11-18;/h4-12H,13-16H2,1-3H3,(H2,22,23,24);1H. The summed E-state index contributed by atoms with van der Waals surface area (Å²) in [6.07, 6.45) is 0.425. The zero-order chi connectivity index (χ0) is 18.8. The molecular weight excluding hydrogens is 451 g/mol. The largest absolute Gasteiger partial charge is 0.356 e. The van der Waals surface area contributed by atoms with E-state index in [1.807, 2.05) is 49.5 Å². The zero-order valence-electron chi connectivity index (χ0n) is 16.2. The summed E-state index contributed by atoms with van der Waals surface area (Å²) in [4.78, 5) is 18.2. The van der Waals surface area contributed by atoms with Crippen molar-refractivity contribution in [3.8, 4) is 0 Å². The molecule has 0 spiro atoms. The van der Waals surface area contributed by atoms with Crippen LogP contribution in [-0.4, -0.2) is 37.4 Å². The van der Waals surface area contributed by atoms with Crippen molar-refractivity contribution in [2.24, 2.45) is 4.99 Å². The number of hydrogen-bond donors (Lipinski definition) is 2. The van der Waals surface area contributed by atoms with E-state index in [2.05, 4.69) is 34.7 Å². The maximum atomic E-state index is 12.3. The molecular formula is C21H29IN4O. The first-order valence-corrected chi connectivity index (χ1v) is 8.87. The quantitative estimate of drug-likeness (QED) is 0.363. The van der Waals surface area contributed by atoms with Gasteiger partial charge in [-0.2, -0.15) is 0 Å². The van der Waals surface area contributed by atoms with Gasteiger partial charge >= 0.3 is 0 Å². The Morgan fingerprint density at radius 2 is 1.70 bits per heavy atom. The van der Waals surface area contributed by atoms with E-state index in [0.717, 1.165) is 5.56 Å². The number of carbonyl (C=O) groups excluding carboxylic acids is 1. The number of hydrogen-bond acceptors (Lipinski definition) is 2. The van der Waals surface area contributed by atoms with E-state index in [9.17, 15) is 4.79 Å². The third kappa shape index (κ3) is 7.99. The third-order valence-corrected chi connectivity index (χ3v) is 4.25. The SMILES string of the molecule is CN=C(NCCC(=O)N(C)Cc1ccccc1)NCc1ccccc1C.I. The molecule has 2 aromatic rings. The van der Waals surface area contributed by atoms with Crippen LogP contribution < -0.4 is 10.6 Å². The predicted octanol–water partition coefficient (Wildman–Crippen LogP) is 3.33. The average molecular weight is 480 g/mol. The molecule has 0 aliphatic heterocycles. The minimum Gasteiger partial charge on any atom is -0.356 e. The van der Waals surface area contributed by atoms with E-state index in [1.165, 1.54) is 11.1 Å². The molecule has 0 unspecified atom stereocenters. The molecule has 6 heteroatoms. The molecule has 146 valence electrons. The van der Waals surface area contributed by atoms with Crippen molar-refractivity contribution in [2.75, 3.05) is 20.6 Å². The Balaban J connectivity index is 0.00000364. The van der Waals surface area contributed by atoms with Crippen molar-refractivity contribution in [1.82, 2.24) is 15.5 Å². The minimum atomic E-state index is 0. The number of carbonyl (C=O) groups is 1. The molecule has 2 rings (SSSR count). The van der Waals surface area contributed by atoms with Gasteiger partial charge in [0.15, 0.2) is 5.96 Å². The second-order valence-corrected chi connectivity index (χ2v) is 6.26. The lowest BCUT2D eigenvalue weighted by atomic mass is 10.1. The van der Waals surface area contributed by atoms with Gasteiger partial charge in [-0.3, -0.25) is 9.79 Å². The van der Waals surface area contributed by atoms with E-state index < -0.39 is 0 Å². The number of rotatable bonds is 7. The smallest absolute Gasteiger partial charge is 0.224 e. The van der Waals surface area contributed by atoms with E-state index in [-0.39, 0.29) is 29.9 Å². The Kier molecular flexibility index (Phi) is 10.5. The molecule has 2 N–H and O–H groups in total. The first-order chi connectivity index (χ1) is 12.6. The summed E-state index contributed by atoms with van der Waals surface area (Å²) in [5.41, 5.74) is 3.61. The van der Waals surface area contributed by atoms with Crippen LogP contribution in [0.2, 0.25) is 0 Å². The van der Waals surface area contributed by atoms with Crippen LogP contribution in [-0.2, 0) is 17.9 Å². The van der Waals surface area contributed by atoms with Gasteiger partial charge in [0.25, 0.3) is 0 Å². The Hall–Kier alpha value is -2.09. The summed E-state index contributed by atoms with van der Waals surface area (Å²) in [6, 6.07) is 18.2. The van der Waals surface area contributed by atoms with Gasteiger partial charge in [0.05, 0.1) is 0 Å². The van der Waals surface area contributed by atoms with Crippen LogP contribution in [0.3, 0.4) is 0 Å². The molecule has 0 radical (unpaired) electrons. The van der Waals surface area contributed by atoms with Crippen LogP contribution in [0.25, 0.3) is 0 Å². The summed E-state index contributed by atoms with van der Waals surface area (Å²) < 4.78 is 0. The normalized spacial score (nSPS) is 10.7. The Morgan fingerprint density at radius 3 is 2.37 bits per heavy atom. The number of amides is 1. The van der Waals surface area contributed by atoms with E-state index in [0.29, 0.717) is 32.0 Å². The summed E-state index contributed by atoms with van der Waals surface area (Å²) >= 11 is 0. The highest BCUT2D eigenvalue weighted by Crippen LogP contribution is 2.06. The first-order valence-electron chi connectivity index (χ1n) is 8.87. The van der Waals surface area contributed by atoms with Crippen LogP contribution in [0, 0.1) is 6.92 Å². The van der Waals surface area contributed by atoms with Crippen molar-refractivity contribution < 1.29 is 4.79 Å². The van der Waals surface area contributed by atoms with E-state index in [4.69, 9.17) is 0 Å². The Morgan fingerprint density at radius 1 is 1.04 bits per heavy atom. The van der Waals surface area contributed by atoms with Crippen molar-refractivity contribution in [3.63, 3.8) is 0 Å². The molecule has 27 heavy (non-hydrogen) atoms. The van der Waals surface area contributed by atoms with Crippen molar-refractivity contribution >= 4 is 35.8 Å². The summed E-state index contributed by atoms with van der Waals surface area (Å²) in [7, 11) is 3.57. The topological polar surface area (TPSA) is 56.7 Å². The molecule has 0 bridgehead atoms. The molecule has 0 atom stereocenters. The number of benzene rings is 2. The van der Waals surface area contributed by atoms with Gasteiger partial charge in [-0.15, -0.1) is 24.0 Å². The second kappa shape index (κ2) is 12.3. The van der Waals surface area contributed by atoms with Crippen molar-refractivity contribution in [1.29, 1.82) is 0 Å². The zero-order valence-corrected chi connectivity index (χ0v) is 18.6. The molecule has 1 amide bonds. The number of aryl methyl sites for hydroxylation is 1. The van der Waals surface area contributed by atoms with Crippen LogP contribution >= 0.6 is 24.0 Å². The summed E-state index contributed by atoms with van der Waals surface area (Å²) in [6.45, 7) is 3.97. The summed E-state index contributed by atoms with van der Waals surface area (Å²) in [5, 5.41) is 6.48. The Labute approximate surface area is 179 Å². The minimum absolute atomic E-state index is 0. The van der Waals surface area contributed by atoms with Crippen LogP contribution in [0.15, 0.2) is 59.6 Å². The van der Waals surface area contributed by atoms with Crippen LogP contribution in [0.1, 0.15) is 23.1 Å². The molecule has 0 saturated carbocycles. The maximum Gasteiger partial charge on any atom is 0.224 e. The predicted molar refractivity (Wildman–Crippen MR) is 122 cm³/mol. The Bertz CT molecular complexity index is 734. The lowest BCUT2D eigenvalue weighted by Crippen LogP contribution is -2.39. The number of nitrogens with one attached hydrogen (secondary N) is 2. The number of halogens is 1. The molecule has 0 aromatic heterocycles. The van der Waals surface area contributed by atoms with Crippen LogP contribution in [0.5, 0.6) is 0 Å². The first kappa shape index (κ1) is 23.0. The lowest BCUT2D eigenvalue weighted by Gasteiger charge is -2.18. The number of nitrogens with zero attached hydrogens (tertiary/aromatic N) is 2. The molecule has 0 aliphatic rings. The van der Waals surface area contributed by atoms with Crippen LogP contribution in [0.4, 0.5) is 0 Å². The van der Waals surface area contributed by atoms with Gasteiger partial charge in [-0.05, 0) is 23.6 Å². The average Bonchev–Trinajstić information content (AvgIpc) is 2.66. The number of aliphatic imine (C=N–C) groups is 1. The maximum absolute atomic E-state index is 12.3. The monoisotopic (exact) mass is 480 g/mol. The molecule has 0 aliphatic carbocycles. The lowest BCUT2D eigenvalue weighted by molar-refractivity contribution is -0.130. The number of guanidine groups is 1. The summed E-state index contributed by atoms with van der Waals surface area (Å²) in [5.74, 6) is 0.808. The fraction of sp³-hybridized carbons (Fsp3) is 0.333. The highest BCUT2D eigenvalue weighted by atomic mass is 127. The van der Waals surface area contributed by atoms with Gasteiger partial charge in [0.1, 0.15) is 0 Å². The molecule has 0 heterocycles. The second-order valence-electron chi connectivity index (χ2n) is 6.26. The van der Waals surface area contributed by atoms with Crippen molar-refractivity contribution in [3.05, 3.63) is 71.3 Å². The fourth-order valence-electron chi connectivity index (χ4n) is 2.63. The van der Waals surface area contributed by atoms with Gasteiger partial charge in [-0.25, -0.2) is 0 Å². The third-order valence-electron chi connectivity index (χ3n) is 4.25. The molecule has 0 saturated heterocycles.